The van der Waals surface area contributed by atoms with Crippen molar-refractivity contribution in [2.75, 3.05) is 18.0 Å². The van der Waals surface area contributed by atoms with E-state index >= 15 is 0 Å². The second-order valence-electron chi connectivity index (χ2n) is 7.01. The second-order valence-corrected chi connectivity index (χ2v) is 7.01. The summed E-state index contributed by atoms with van der Waals surface area (Å²) in [5.41, 5.74) is 3.35. The van der Waals surface area contributed by atoms with Crippen LogP contribution in [0.1, 0.15) is 24.2 Å². The summed E-state index contributed by atoms with van der Waals surface area (Å²) < 4.78 is 7.53. The van der Waals surface area contributed by atoms with E-state index in [-0.39, 0.29) is 5.56 Å². The van der Waals surface area contributed by atoms with Crippen molar-refractivity contribution in [1.29, 1.82) is 0 Å². The fraction of sp³-hybridized carbons (Fsp3) is 0.217. The molecule has 0 spiro atoms. The van der Waals surface area contributed by atoms with Crippen LogP contribution in [0, 0.1) is 0 Å². The average molecular weight is 390 g/mol. The zero-order valence-corrected chi connectivity index (χ0v) is 16.6. The van der Waals surface area contributed by atoms with Crippen LogP contribution >= 0.6 is 0 Å². The van der Waals surface area contributed by atoms with Gasteiger partial charge in [0.25, 0.3) is 0 Å². The number of carbonyl (C=O) groups is 1. The van der Waals surface area contributed by atoms with Crippen molar-refractivity contribution in [1.82, 2.24) is 4.57 Å². The van der Waals surface area contributed by atoms with Crippen LogP contribution in [0.15, 0.2) is 57.7 Å². The average Bonchev–Trinajstić information content (AvgIpc) is 3.04. The lowest BCUT2D eigenvalue weighted by atomic mass is 10.1. The Morgan fingerprint density at radius 3 is 2.48 bits per heavy atom. The fourth-order valence-corrected chi connectivity index (χ4v) is 3.80. The van der Waals surface area contributed by atoms with Crippen molar-refractivity contribution in [3.8, 4) is 11.3 Å². The van der Waals surface area contributed by atoms with Crippen LogP contribution in [0.2, 0.25) is 0 Å². The molecule has 0 bridgehead atoms. The Hall–Kier alpha value is -3.54. The molecule has 0 unspecified atom stereocenters. The van der Waals surface area contributed by atoms with Gasteiger partial charge >= 0.3 is 11.6 Å². The lowest BCUT2D eigenvalue weighted by Crippen LogP contribution is -2.21. The summed E-state index contributed by atoms with van der Waals surface area (Å²) in [6.07, 6.45) is 0. The van der Waals surface area contributed by atoms with Crippen LogP contribution in [-0.4, -0.2) is 28.7 Å². The topological polar surface area (TPSA) is 75.7 Å². The van der Waals surface area contributed by atoms with E-state index in [2.05, 4.69) is 18.7 Å². The van der Waals surface area contributed by atoms with Crippen LogP contribution in [0.4, 0.5) is 5.69 Å². The zero-order valence-electron chi connectivity index (χ0n) is 16.6. The van der Waals surface area contributed by atoms with Crippen LogP contribution in [0.3, 0.4) is 0 Å². The van der Waals surface area contributed by atoms with Crippen LogP contribution < -0.4 is 10.5 Å². The Bertz CT molecular complexity index is 1300. The first-order chi connectivity index (χ1) is 13.9. The number of anilines is 1. The molecule has 0 aliphatic rings. The zero-order chi connectivity index (χ0) is 20.7. The number of benzene rings is 2. The lowest BCUT2D eigenvalue weighted by molar-refractivity contribution is 0.0697. The van der Waals surface area contributed by atoms with E-state index in [1.54, 1.807) is 18.2 Å². The molecule has 0 fully saturated rings. The van der Waals surface area contributed by atoms with E-state index in [0.29, 0.717) is 16.8 Å². The Balaban J connectivity index is 1.86. The number of aromatic nitrogens is 1. The number of hydrogen-bond acceptors (Lipinski definition) is 4. The normalized spacial score (nSPS) is 11.3. The minimum absolute atomic E-state index is 0.212. The molecule has 6 heteroatoms. The van der Waals surface area contributed by atoms with Gasteiger partial charge in [-0.3, -0.25) is 0 Å². The summed E-state index contributed by atoms with van der Waals surface area (Å²) in [5.74, 6) is -0.980. The van der Waals surface area contributed by atoms with E-state index in [4.69, 9.17) is 4.42 Å². The summed E-state index contributed by atoms with van der Waals surface area (Å²) in [7, 11) is 1.85. The van der Waals surface area contributed by atoms with Crippen molar-refractivity contribution in [3.63, 3.8) is 0 Å². The standard InChI is InChI=1S/C23H22N2O4/c1-4-25(5-2)17-8-6-14-11-18(23(28)29-21(14)13-17)20-12-16-10-15(22(26)27)7-9-19(16)24(20)3/h6-13H,4-5H2,1-3H3,(H,26,27). The third-order valence-electron chi connectivity index (χ3n) is 5.41. The van der Waals surface area contributed by atoms with E-state index in [1.165, 1.54) is 0 Å². The molecule has 0 aliphatic carbocycles. The van der Waals surface area contributed by atoms with Crippen LogP contribution in [0.25, 0.3) is 33.1 Å². The third-order valence-corrected chi connectivity index (χ3v) is 5.41. The molecule has 0 amide bonds. The van der Waals surface area contributed by atoms with Gasteiger partial charge in [-0.15, -0.1) is 0 Å². The van der Waals surface area contributed by atoms with Gasteiger partial charge in [0.05, 0.1) is 16.8 Å². The van der Waals surface area contributed by atoms with Gasteiger partial charge in [-0.1, -0.05) is 0 Å². The van der Waals surface area contributed by atoms with Crippen molar-refractivity contribution in [3.05, 3.63) is 64.5 Å². The number of fused-ring (bicyclic) bond motifs is 2. The molecule has 0 atom stereocenters. The maximum Gasteiger partial charge on any atom is 0.345 e. The summed E-state index contributed by atoms with van der Waals surface area (Å²) in [6.45, 7) is 5.92. The molecule has 1 N–H and O–H groups in total. The molecule has 0 saturated carbocycles. The molecule has 0 saturated heterocycles. The molecule has 4 rings (SSSR count). The highest BCUT2D eigenvalue weighted by Crippen LogP contribution is 2.29. The van der Waals surface area contributed by atoms with E-state index in [0.717, 1.165) is 35.1 Å². The summed E-state index contributed by atoms with van der Waals surface area (Å²) in [4.78, 5) is 26.2. The first-order valence-electron chi connectivity index (χ1n) is 9.59. The molecular formula is C23H22N2O4. The maximum atomic E-state index is 12.8. The Morgan fingerprint density at radius 1 is 1.03 bits per heavy atom. The van der Waals surface area contributed by atoms with Crippen molar-refractivity contribution in [2.24, 2.45) is 7.05 Å². The molecule has 0 radical (unpaired) electrons. The number of aromatic carboxylic acids is 1. The smallest absolute Gasteiger partial charge is 0.345 e. The van der Waals surface area contributed by atoms with Crippen molar-refractivity contribution < 1.29 is 14.3 Å². The van der Waals surface area contributed by atoms with Gasteiger partial charge in [0.2, 0.25) is 0 Å². The minimum Gasteiger partial charge on any atom is -0.478 e. The van der Waals surface area contributed by atoms with E-state index in [9.17, 15) is 14.7 Å². The molecule has 6 nitrogen and oxygen atoms in total. The number of rotatable bonds is 5. The maximum absolute atomic E-state index is 12.8. The summed E-state index contributed by atoms with van der Waals surface area (Å²) in [5, 5.41) is 10.8. The first-order valence-corrected chi connectivity index (χ1v) is 9.59. The van der Waals surface area contributed by atoms with E-state index in [1.807, 2.05) is 41.9 Å². The number of hydrogen-bond donors (Lipinski definition) is 1. The monoisotopic (exact) mass is 390 g/mol. The Labute approximate surface area is 167 Å². The molecule has 2 aromatic heterocycles. The lowest BCUT2D eigenvalue weighted by Gasteiger charge is -2.21. The minimum atomic E-state index is -0.980. The van der Waals surface area contributed by atoms with Crippen LogP contribution in [-0.2, 0) is 7.05 Å². The Kier molecular flexibility index (Phi) is 4.62. The van der Waals surface area contributed by atoms with Gasteiger partial charge in [-0.25, -0.2) is 9.59 Å². The largest absolute Gasteiger partial charge is 0.478 e. The number of nitrogens with zero attached hydrogens (tertiary/aromatic N) is 2. The highest BCUT2D eigenvalue weighted by molar-refractivity contribution is 5.96. The number of carboxylic acid groups (broad SMARTS) is 1. The van der Waals surface area contributed by atoms with Gasteiger partial charge in [0.15, 0.2) is 0 Å². The van der Waals surface area contributed by atoms with Crippen molar-refractivity contribution >= 4 is 33.5 Å². The molecule has 148 valence electrons. The Morgan fingerprint density at radius 2 is 1.79 bits per heavy atom. The number of aryl methyl sites for hydroxylation is 1. The first kappa shape index (κ1) is 18.8. The number of carboxylic acids is 1. The van der Waals surface area contributed by atoms with Gasteiger partial charge in [-0.05, 0) is 56.3 Å². The van der Waals surface area contributed by atoms with Crippen molar-refractivity contribution in [2.45, 2.75) is 13.8 Å². The van der Waals surface area contributed by atoms with Gasteiger partial charge in [0.1, 0.15) is 5.58 Å². The van der Waals surface area contributed by atoms with Gasteiger partial charge in [0, 0.05) is 48.2 Å². The summed E-state index contributed by atoms with van der Waals surface area (Å²) >= 11 is 0. The molecule has 4 aromatic rings. The van der Waals surface area contributed by atoms with E-state index < -0.39 is 11.6 Å². The van der Waals surface area contributed by atoms with Gasteiger partial charge < -0.3 is 19.0 Å². The molecule has 2 heterocycles. The molecule has 2 aromatic carbocycles. The second kappa shape index (κ2) is 7.13. The fourth-order valence-electron chi connectivity index (χ4n) is 3.80. The summed E-state index contributed by atoms with van der Waals surface area (Å²) in [6, 6.07) is 14.5. The predicted molar refractivity (Wildman–Crippen MR) is 115 cm³/mol. The molecule has 29 heavy (non-hydrogen) atoms. The predicted octanol–water partition coefficient (Wildman–Crippen LogP) is 4.50. The van der Waals surface area contributed by atoms with Gasteiger partial charge in [-0.2, -0.15) is 0 Å². The highest BCUT2D eigenvalue weighted by atomic mass is 16.4. The molecule has 0 aliphatic heterocycles. The third kappa shape index (κ3) is 3.16. The molecular weight excluding hydrogens is 368 g/mol. The quantitative estimate of drug-likeness (QED) is 0.508. The SMILES string of the molecule is CCN(CC)c1ccc2cc(-c3cc4cc(C(=O)O)ccc4n3C)c(=O)oc2c1. The van der Waals surface area contributed by atoms with Crippen LogP contribution in [0.5, 0.6) is 0 Å². The highest BCUT2D eigenvalue weighted by Gasteiger charge is 2.15.